The van der Waals surface area contributed by atoms with Crippen LogP contribution < -0.4 is 0 Å². The molecule has 0 saturated carbocycles. The zero-order valence-electron chi connectivity index (χ0n) is 6.58. The minimum Gasteiger partial charge on any atom is -0.284 e. The second-order valence-electron chi connectivity index (χ2n) is 2.96. The maximum atomic E-state index is 11.1. The lowest BCUT2D eigenvalue weighted by atomic mass is 9.75. The van der Waals surface area contributed by atoms with E-state index in [2.05, 4.69) is 5.92 Å². The zero-order valence-corrected chi connectivity index (χ0v) is 6.58. The van der Waals surface area contributed by atoms with Crippen molar-refractivity contribution in [2.75, 3.05) is 0 Å². The Morgan fingerprint density at radius 3 is 2.92 bits per heavy atom. The highest BCUT2D eigenvalue weighted by molar-refractivity contribution is 6.01. The van der Waals surface area contributed by atoms with Gasteiger partial charge in [-0.1, -0.05) is 24.3 Å². The summed E-state index contributed by atoms with van der Waals surface area (Å²) in [7, 11) is 0. The Morgan fingerprint density at radius 1 is 1.50 bits per heavy atom. The Balaban J connectivity index is 2.33. The van der Waals surface area contributed by atoms with Crippen molar-refractivity contribution in [3.8, 4) is 12.3 Å². The molecule has 1 heteroatoms. The molecule has 0 bridgehead atoms. The van der Waals surface area contributed by atoms with Crippen molar-refractivity contribution < 1.29 is 4.79 Å². The lowest BCUT2D eigenvalue weighted by Crippen LogP contribution is -2.23. The maximum Gasteiger partial charge on any atom is 0.212 e. The molecule has 0 aromatic heterocycles. The van der Waals surface area contributed by atoms with Gasteiger partial charge >= 0.3 is 0 Å². The summed E-state index contributed by atoms with van der Waals surface area (Å²) < 4.78 is 0. The van der Waals surface area contributed by atoms with Gasteiger partial charge in [-0.2, -0.15) is 0 Å². The molecule has 58 valence electrons. The topological polar surface area (TPSA) is 17.1 Å². The van der Waals surface area contributed by atoms with E-state index in [4.69, 9.17) is 6.42 Å². The summed E-state index contributed by atoms with van der Waals surface area (Å²) in [6, 6.07) is 7.93. The Kier molecular flexibility index (Phi) is 1.48. The summed E-state index contributed by atoms with van der Waals surface area (Å²) in [5.74, 6) is 2.06. The summed E-state index contributed by atoms with van der Waals surface area (Å²) >= 11 is 0. The molecule has 0 radical (unpaired) electrons. The molecule has 0 amide bonds. The summed E-state index contributed by atoms with van der Waals surface area (Å²) in [4.78, 5) is 11.1. The molecule has 1 aromatic rings. The van der Waals surface area contributed by atoms with Gasteiger partial charge in [0.05, 0.1) is 5.92 Å². The fraction of sp³-hybridized carbons (Fsp3) is 0.182. The first kappa shape index (κ1) is 7.12. The van der Waals surface area contributed by atoms with Crippen LogP contribution in [0.4, 0.5) is 0 Å². The Morgan fingerprint density at radius 2 is 2.25 bits per heavy atom. The number of carbonyl (C=O) groups is 1. The van der Waals surface area contributed by atoms with E-state index in [1.165, 1.54) is 5.56 Å². The third kappa shape index (κ3) is 0.853. The summed E-state index contributed by atoms with van der Waals surface area (Å²) in [6.07, 6.45) is 5.86. The third-order valence-electron chi connectivity index (χ3n) is 2.31. The van der Waals surface area contributed by atoms with Gasteiger partial charge in [0.2, 0.25) is 5.78 Å². The first-order valence-electron chi connectivity index (χ1n) is 3.91. The van der Waals surface area contributed by atoms with Gasteiger partial charge in [-0.05, 0) is 23.5 Å². The van der Waals surface area contributed by atoms with Crippen LogP contribution in [-0.4, -0.2) is 5.78 Å². The van der Waals surface area contributed by atoms with Crippen LogP contribution in [0.5, 0.6) is 0 Å². The van der Waals surface area contributed by atoms with E-state index in [9.17, 15) is 4.79 Å². The molecule has 1 nitrogen and oxygen atoms in total. The zero-order chi connectivity index (χ0) is 8.55. The molecule has 1 aliphatic carbocycles. The van der Waals surface area contributed by atoms with Crippen molar-refractivity contribution >= 4 is 5.78 Å². The highest BCUT2D eigenvalue weighted by Crippen LogP contribution is 2.34. The number of hydrogen-bond donors (Lipinski definition) is 0. The van der Waals surface area contributed by atoms with Crippen molar-refractivity contribution in [3.05, 3.63) is 35.4 Å². The van der Waals surface area contributed by atoms with Crippen LogP contribution >= 0.6 is 0 Å². The van der Waals surface area contributed by atoms with Crippen molar-refractivity contribution in [1.82, 2.24) is 0 Å². The predicted molar refractivity (Wildman–Crippen MR) is 46.7 cm³/mol. The summed E-state index contributed by atoms with van der Waals surface area (Å²) in [5.41, 5.74) is 2.37. The number of rotatable bonds is 1. The van der Waals surface area contributed by atoms with Gasteiger partial charge in [0, 0.05) is 0 Å². The van der Waals surface area contributed by atoms with Gasteiger partial charge in [0.15, 0.2) is 0 Å². The van der Waals surface area contributed by atoms with E-state index in [0.29, 0.717) is 0 Å². The third-order valence-corrected chi connectivity index (χ3v) is 2.31. The highest BCUT2D eigenvalue weighted by Gasteiger charge is 2.30. The number of benzene rings is 1. The van der Waals surface area contributed by atoms with E-state index >= 15 is 0 Å². The Labute approximate surface area is 71.4 Å². The molecule has 0 aliphatic heterocycles. The van der Waals surface area contributed by atoms with Crippen LogP contribution in [0.25, 0.3) is 0 Å². The molecule has 1 aliphatic rings. The van der Waals surface area contributed by atoms with Gasteiger partial charge in [-0.25, -0.2) is 0 Å². The lowest BCUT2D eigenvalue weighted by Gasteiger charge is -2.26. The molecule has 0 spiro atoms. The maximum absolute atomic E-state index is 11.1. The normalized spacial score (nSPS) is 18.8. The fourth-order valence-electron chi connectivity index (χ4n) is 1.59. The molecule has 0 saturated heterocycles. The Bertz CT molecular complexity index is 371. The average molecular weight is 156 g/mol. The molecule has 0 N–H and O–H groups in total. The van der Waals surface area contributed by atoms with Crippen molar-refractivity contribution in [2.45, 2.75) is 12.3 Å². The van der Waals surface area contributed by atoms with E-state index < -0.39 is 0 Å². The van der Waals surface area contributed by atoms with Crippen molar-refractivity contribution in [3.63, 3.8) is 0 Å². The minimum atomic E-state index is -0.0892. The molecular weight excluding hydrogens is 148 g/mol. The number of terminal acetylenes is 1. The predicted octanol–water partition coefficient (Wildman–Crippen LogP) is 1.53. The smallest absolute Gasteiger partial charge is 0.212 e. The summed E-state index contributed by atoms with van der Waals surface area (Å²) in [5, 5.41) is 0. The molecule has 1 aromatic carbocycles. The number of fused-ring (bicyclic) bond motifs is 1. The fourth-order valence-corrected chi connectivity index (χ4v) is 1.59. The number of carbonyl (C=O) groups excluding carboxylic acids is 1. The van der Waals surface area contributed by atoms with Crippen molar-refractivity contribution in [2.24, 2.45) is 0 Å². The monoisotopic (exact) mass is 156 g/mol. The van der Waals surface area contributed by atoms with E-state index in [1.807, 2.05) is 24.3 Å². The van der Waals surface area contributed by atoms with Gasteiger partial charge < -0.3 is 0 Å². The van der Waals surface area contributed by atoms with Crippen LogP contribution in [0, 0.1) is 12.3 Å². The van der Waals surface area contributed by atoms with Crippen LogP contribution in [0.1, 0.15) is 17.0 Å². The quantitative estimate of drug-likeness (QED) is 0.445. The standard InChI is InChI=1S/C11H8O/c1-2-11(12)10-7-8-5-3-4-6-9(8)10/h1,3-6,10H,7H2. The summed E-state index contributed by atoms with van der Waals surface area (Å²) in [6.45, 7) is 0. The molecule has 1 atom stereocenters. The van der Waals surface area contributed by atoms with Gasteiger partial charge in [0.1, 0.15) is 0 Å². The molecule has 0 fully saturated rings. The SMILES string of the molecule is C#CC(=O)C1Cc2ccccc21. The first-order chi connectivity index (χ1) is 5.83. The number of ketones is 1. The lowest BCUT2D eigenvalue weighted by molar-refractivity contribution is -0.115. The largest absolute Gasteiger partial charge is 0.284 e. The Hall–Kier alpha value is -1.55. The second kappa shape index (κ2) is 2.49. The average Bonchev–Trinajstić information content (AvgIpc) is 2.07. The minimum absolute atomic E-state index is 0.0220. The molecule has 12 heavy (non-hydrogen) atoms. The van der Waals surface area contributed by atoms with E-state index in [0.717, 1.165) is 12.0 Å². The highest BCUT2D eigenvalue weighted by atomic mass is 16.1. The molecule has 0 heterocycles. The van der Waals surface area contributed by atoms with Crippen LogP contribution in [-0.2, 0) is 11.2 Å². The van der Waals surface area contributed by atoms with Gasteiger partial charge in [0.25, 0.3) is 0 Å². The van der Waals surface area contributed by atoms with Crippen LogP contribution in [0.3, 0.4) is 0 Å². The molecule has 1 unspecified atom stereocenters. The molecule has 2 rings (SSSR count). The van der Waals surface area contributed by atoms with Gasteiger partial charge in [-0.15, -0.1) is 6.42 Å². The van der Waals surface area contributed by atoms with Crippen molar-refractivity contribution in [1.29, 1.82) is 0 Å². The number of hydrogen-bond acceptors (Lipinski definition) is 1. The van der Waals surface area contributed by atoms with Crippen LogP contribution in [0.15, 0.2) is 24.3 Å². The van der Waals surface area contributed by atoms with Crippen LogP contribution in [0.2, 0.25) is 0 Å². The second-order valence-corrected chi connectivity index (χ2v) is 2.96. The van der Waals surface area contributed by atoms with E-state index in [1.54, 1.807) is 0 Å². The van der Waals surface area contributed by atoms with E-state index in [-0.39, 0.29) is 11.7 Å². The van der Waals surface area contributed by atoms with Gasteiger partial charge in [-0.3, -0.25) is 4.79 Å². The number of Topliss-reactive ketones (excluding diaryl/α,β-unsaturated/α-hetero) is 1. The first-order valence-corrected chi connectivity index (χ1v) is 3.91. The molecular formula is C11H8O.